The van der Waals surface area contributed by atoms with Gasteiger partial charge in [-0.3, -0.25) is 14.8 Å². The molecule has 1 saturated heterocycles. The zero-order valence-electron chi connectivity index (χ0n) is 16.0. The van der Waals surface area contributed by atoms with Gasteiger partial charge in [0.05, 0.1) is 18.4 Å². The number of aromatic nitrogens is 3. The Bertz CT molecular complexity index is 1010. The highest BCUT2D eigenvalue weighted by molar-refractivity contribution is 5.39. The Labute approximate surface area is 163 Å². The standard InChI is InChI=1S/C21H26N4O3/c1-15-9-19-22-17(10-20(28)25(19)23-15)12-24-8-7-18(27)21(13-24,14-26)11-16-5-3-2-4-6-16/h2-6,9-10,18,23,26-27H,7-8,11-14H2,1H3/t18-,21+/m1/s1. The molecule has 0 amide bonds. The van der Waals surface area contributed by atoms with Crippen molar-refractivity contribution in [2.45, 2.75) is 32.4 Å². The number of aliphatic hydroxyl groups excluding tert-OH is 2. The molecule has 0 saturated carbocycles. The summed E-state index contributed by atoms with van der Waals surface area (Å²) in [6.45, 7) is 3.56. The van der Waals surface area contributed by atoms with Crippen LogP contribution in [0.15, 0.2) is 47.3 Å². The zero-order valence-corrected chi connectivity index (χ0v) is 16.0. The number of H-pyrrole nitrogens is 1. The van der Waals surface area contributed by atoms with Gasteiger partial charge in [0.1, 0.15) is 0 Å². The maximum atomic E-state index is 12.3. The van der Waals surface area contributed by atoms with Crippen LogP contribution >= 0.6 is 0 Å². The average Bonchev–Trinajstić information content (AvgIpc) is 3.06. The van der Waals surface area contributed by atoms with Crippen LogP contribution in [0.25, 0.3) is 5.65 Å². The highest BCUT2D eigenvalue weighted by Gasteiger charge is 2.42. The van der Waals surface area contributed by atoms with Gasteiger partial charge in [0.25, 0.3) is 5.56 Å². The number of hydrogen-bond acceptors (Lipinski definition) is 5. The summed E-state index contributed by atoms with van der Waals surface area (Å²) in [6.07, 6.45) is 0.619. The van der Waals surface area contributed by atoms with E-state index in [-0.39, 0.29) is 12.2 Å². The smallest absolute Gasteiger partial charge is 0.272 e. The molecule has 1 aliphatic heterocycles. The third-order valence-corrected chi connectivity index (χ3v) is 5.70. The van der Waals surface area contributed by atoms with E-state index in [9.17, 15) is 15.0 Å². The van der Waals surface area contributed by atoms with Crippen molar-refractivity contribution in [2.75, 3.05) is 19.7 Å². The van der Waals surface area contributed by atoms with Crippen LogP contribution in [0.5, 0.6) is 0 Å². The van der Waals surface area contributed by atoms with E-state index in [0.29, 0.717) is 43.8 Å². The van der Waals surface area contributed by atoms with Crippen molar-refractivity contribution in [3.05, 3.63) is 69.8 Å². The van der Waals surface area contributed by atoms with Crippen LogP contribution in [0, 0.1) is 12.3 Å². The number of nitrogens with one attached hydrogen (secondary N) is 1. The quantitative estimate of drug-likeness (QED) is 0.615. The molecule has 1 fully saturated rings. The number of hydrogen-bond donors (Lipinski definition) is 3. The normalized spacial score (nSPS) is 23.3. The van der Waals surface area contributed by atoms with Crippen LogP contribution in [-0.4, -0.2) is 55.5 Å². The van der Waals surface area contributed by atoms with Crippen LogP contribution in [0.4, 0.5) is 0 Å². The molecular weight excluding hydrogens is 356 g/mol. The summed E-state index contributed by atoms with van der Waals surface area (Å²) in [4.78, 5) is 19.1. The van der Waals surface area contributed by atoms with Gasteiger partial charge in [-0.15, -0.1) is 0 Å². The van der Waals surface area contributed by atoms with E-state index in [0.717, 1.165) is 11.3 Å². The van der Waals surface area contributed by atoms with Gasteiger partial charge in [-0.2, -0.15) is 0 Å². The molecule has 4 rings (SSSR count). The first-order valence-corrected chi connectivity index (χ1v) is 9.63. The number of benzene rings is 1. The van der Waals surface area contributed by atoms with E-state index in [2.05, 4.69) is 15.0 Å². The number of fused-ring (bicyclic) bond motifs is 1. The molecule has 7 heteroatoms. The van der Waals surface area contributed by atoms with Crippen molar-refractivity contribution in [2.24, 2.45) is 5.41 Å². The van der Waals surface area contributed by atoms with Crippen LogP contribution in [-0.2, 0) is 13.0 Å². The molecule has 1 aliphatic rings. The lowest BCUT2D eigenvalue weighted by Gasteiger charge is -2.45. The molecule has 7 nitrogen and oxygen atoms in total. The van der Waals surface area contributed by atoms with Crippen LogP contribution in [0.2, 0.25) is 0 Å². The molecule has 28 heavy (non-hydrogen) atoms. The second-order valence-corrected chi connectivity index (χ2v) is 7.92. The first kappa shape index (κ1) is 18.9. The highest BCUT2D eigenvalue weighted by Crippen LogP contribution is 2.34. The lowest BCUT2D eigenvalue weighted by atomic mass is 9.73. The van der Waals surface area contributed by atoms with Gasteiger partial charge >= 0.3 is 0 Å². The third kappa shape index (κ3) is 3.61. The molecule has 3 aromatic rings. The minimum absolute atomic E-state index is 0.0916. The van der Waals surface area contributed by atoms with Gasteiger partial charge in [-0.05, 0) is 25.3 Å². The van der Waals surface area contributed by atoms with Gasteiger partial charge < -0.3 is 10.2 Å². The summed E-state index contributed by atoms with van der Waals surface area (Å²) in [7, 11) is 0. The predicted octanol–water partition coefficient (Wildman–Crippen LogP) is 1.12. The van der Waals surface area contributed by atoms with Gasteiger partial charge in [0, 0.05) is 42.9 Å². The number of aryl methyl sites for hydroxylation is 1. The second-order valence-electron chi connectivity index (χ2n) is 7.92. The van der Waals surface area contributed by atoms with Gasteiger partial charge in [0.2, 0.25) is 0 Å². The third-order valence-electron chi connectivity index (χ3n) is 5.70. The SMILES string of the molecule is Cc1cc2nc(CN3CC[C@@H](O)[C@@](CO)(Cc4ccccc4)C3)cc(=O)n2[nH]1. The van der Waals surface area contributed by atoms with Crippen molar-refractivity contribution in [3.63, 3.8) is 0 Å². The first-order valence-electron chi connectivity index (χ1n) is 9.63. The maximum Gasteiger partial charge on any atom is 0.272 e. The second kappa shape index (κ2) is 7.50. The number of aromatic amines is 1. The number of piperidine rings is 1. The molecule has 148 valence electrons. The molecule has 1 aromatic carbocycles. The number of likely N-dealkylation sites (tertiary alicyclic amines) is 1. The van der Waals surface area contributed by atoms with E-state index < -0.39 is 11.5 Å². The average molecular weight is 382 g/mol. The highest BCUT2D eigenvalue weighted by atomic mass is 16.3. The summed E-state index contributed by atoms with van der Waals surface area (Å²) < 4.78 is 1.44. The first-order chi connectivity index (χ1) is 13.5. The zero-order chi connectivity index (χ0) is 19.7. The largest absolute Gasteiger partial charge is 0.396 e. The Morgan fingerprint density at radius 2 is 2.07 bits per heavy atom. The molecule has 2 atom stereocenters. The van der Waals surface area contributed by atoms with Crippen molar-refractivity contribution in [3.8, 4) is 0 Å². The molecular formula is C21H26N4O3. The Hall–Kier alpha value is -2.48. The molecule has 0 radical (unpaired) electrons. The van der Waals surface area contributed by atoms with Crippen molar-refractivity contribution in [1.29, 1.82) is 0 Å². The topological polar surface area (TPSA) is 93.9 Å². The molecule has 3 N–H and O–H groups in total. The van der Waals surface area contributed by atoms with E-state index in [4.69, 9.17) is 0 Å². The Kier molecular flexibility index (Phi) is 5.05. The summed E-state index contributed by atoms with van der Waals surface area (Å²) in [6, 6.07) is 13.3. The van der Waals surface area contributed by atoms with Crippen molar-refractivity contribution in [1.82, 2.24) is 19.5 Å². The molecule has 2 aromatic heterocycles. The minimum Gasteiger partial charge on any atom is -0.396 e. The van der Waals surface area contributed by atoms with E-state index in [1.165, 1.54) is 4.52 Å². The monoisotopic (exact) mass is 382 g/mol. The Balaban J connectivity index is 1.56. The van der Waals surface area contributed by atoms with E-state index >= 15 is 0 Å². The summed E-state index contributed by atoms with van der Waals surface area (Å²) >= 11 is 0. The van der Waals surface area contributed by atoms with Gasteiger partial charge in [0.15, 0.2) is 5.65 Å². The van der Waals surface area contributed by atoms with Crippen molar-refractivity contribution < 1.29 is 10.2 Å². The van der Waals surface area contributed by atoms with Gasteiger partial charge in [-0.25, -0.2) is 9.50 Å². The number of rotatable bonds is 5. The number of aliphatic hydroxyl groups is 2. The summed E-state index contributed by atoms with van der Waals surface area (Å²) in [5, 5.41) is 23.9. The number of nitrogens with zero attached hydrogens (tertiary/aromatic N) is 3. The van der Waals surface area contributed by atoms with Crippen LogP contribution < -0.4 is 5.56 Å². The molecule has 0 unspecified atom stereocenters. The summed E-state index contributed by atoms with van der Waals surface area (Å²) in [5.41, 5.74) is 2.52. The van der Waals surface area contributed by atoms with E-state index in [1.54, 1.807) is 6.07 Å². The van der Waals surface area contributed by atoms with Crippen LogP contribution in [0.3, 0.4) is 0 Å². The Morgan fingerprint density at radius 3 is 2.82 bits per heavy atom. The fraction of sp³-hybridized carbons (Fsp3) is 0.429. The van der Waals surface area contributed by atoms with E-state index in [1.807, 2.05) is 43.3 Å². The molecule has 0 aliphatic carbocycles. The maximum absolute atomic E-state index is 12.3. The lowest BCUT2D eigenvalue weighted by Crippen LogP contribution is -2.54. The molecule has 3 heterocycles. The summed E-state index contributed by atoms with van der Waals surface area (Å²) in [5.74, 6) is 0. The predicted molar refractivity (Wildman–Crippen MR) is 106 cm³/mol. The fourth-order valence-corrected chi connectivity index (χ4v) is 4.23. The Morgan fingerprint density at radius 1 is 1.29 bits per heavy atom. The lowest BCUT2D eigenvalue weighted by molar-refractivity contribution is -0.0770. The van der Waals surface area contributed by atoms with Crippen molar-refractivity contribution >= 4 is 5.65 Å². The van der Waals surface area contributed by atoms with Crippen LogP contribution in [0.1, 0.15) is 23.4 Å². The fourth-order valence-electron chi connectivity index (χ4n) is 4.23. The molecule has 0 spiro atoms. The minimum atomic E-state index is -0.622. The van der Waals surface area contributed by atoms with Gasteiger partial charge in [-0.1, -0.05) is 30.3 Å². The molecule has 0 bridgehead atoms.